The summed E-state index contributed by atoms with van der Waals surface area (Å²) in [5, 5.41) is 0. The third kappa shape index (κ3) is 25.7. The number of amides is 1. The molecule has 0 aromatic carbocycles. The Labute approximate surface area is 225 Å². The highest BCUT2D eigenvalue weighted by molar-refractivity contribution is 5.87. The molecule has 0 aromatic rings. The van der Waals surface area contributed by atoms with Gasteiger partial charge in [0.05, 0.1) is 6.61 Å². The molecule has 3 nitrogen and oxygen atoms in total. The highest BCUT2D eigenvalue weighted by Gasteiger charge is 2.05. The van der Waals surface area contributed by atoms with Gasteiger partial charge >= 0.3 is 0 Å². The molecule has 0 rings (SSSR count). The number of allylic oxidation sites excluding steroid dienone is 4. The van der Waals surface area contributed by atoms with Crippen molar-refractivity contribution in [2.45, 2.75) is 142 Å². The van der Waals surface area contributed by atoms with Crippen molar-refractivity contribution >= 4 is 5.91 Å². The molecule has 0 heterocycles. The molecule has 1 amide bonds. The Morgan fingerprint density at radius 1 is 0.639 bits per heavy atom. The highest BCUT2D eigenvalue weighted by Crippen LogP contribution is 2.14. The van der Waals surface area contributed by atoms with E-state index in [-0.39, 0.29) is 5.91 Å². The van der Waals surface area contributed by atoms with E-state index in [0.29, 0.717) is 6.61 Å². The molecule has 3 heteroatoms. The molecule has 210 valence electrons. The Bertz CT molecular complexity index is 562. The first kappa shape index (κ1) is 34.6. The van der Waals surface area contributed by atoms with Crippen molar-refractivity contribution in [3.63, 3.8) is 0 Å². The second-order valence-corrected chi connectivity index (χ2v) is 10.5. The van der Waals surface area contributed by atoms with Gasteiger partial charge in [-0.2, -0.15) is 0 Å². The van der Waals surface area contributed by atoms with Crippen LogP contribution in [0.3, 0.4) is 0 Å². The van der Waals surface area contributed by atoms with Crippen molar-refractivity contribution in [3.8, 4) is 0 Å². The van der Waals surface area contributed by atoms with E-state index < -0.39 is 0 Å². The first-order valence-corrected chi connectivity index (χ1v) is 15.4. The summed E-state index contributed by atoms with van der Waals surface area (Å²) >= 11 is 0. The Balaban J connectivity index is 3.77. The van der Waals surface area contributed by atoms with Crippen LogP contribution in [0.4, 0.5) is 0 Å². The molecule has 0 aromatic heterocycles. The van der Waals surface area contributed by atoms with Crippen LogP contribution >= 0.6 is 0 Å². The second-order valence-electron chi connectivity index (χ2n) is 10.5. The summed E-state index contributed by atoms with van der Waals surface area (Å²) in [4.78, 5) is 13.8. The van der Waals surface area contributed by atoms with Crippen LogP contribution < -0.4 is 0 Å². The van der Waals surface area contributed by atoms with Crippen LogP contribution in [0, 0.1) is 0 Å². The molecule has 0 saturated carbocycles. The Kier molecular flexibility index (Phi) is 27.2. The van der Waals surface area contributed by atoms with Gasteiger partial charge < -0.3 is 9.64 Å². The first-order chi connectivity index (χ1) is 17.6. The summed E-state index contributed by atoms with van der Waals surface area (Å²) in [7, 11) is 3.63. The molecule has 36 heavy (non-hydrogen) atoms. The van der Waals surface area contributed by atoms with Crippen LogP contribution in [0.2, 0.25) is 0 Å². The standard InChI is InChI=1S/C33H61NO2/c1-5-7-9-11-13-14-15-16-17-18-19-20-21-23-25-27-29-36-31-32(30-33(35)34(3)4)28-26-24-22-12-10-8-6-2/h13-14,16-17,30H,5-12,15,18-29,31H2,1-4H3. The van der Waals surface area contributed by atoms with E-state index in [1.165, 1.54) is 103 Å². The fourth-order valence-electron chi connectivity index (χ4n) is 4.19. The van der Waals surface area contributed by atoms with Gasteiger partial charge in [-0.15, -0.1) is 0 Å². The van der Waals surface area contributed by atoms with E-state index in [1.807, 2.05) is 14.1 Å². The lowest BCUT2D eigenvalue weighted by molar-refractivity contribution is -0.123. The van der Waals surface area contributed by atoms with Gasteiger partial charge in [0, 0.05) is 26.8 Å². The number of carbonyl (C=O) groups is 1. The average molecular weight is 504 g/mol. The topological polar surface area (TPSA) is 29.5 Å². The number of likely N-dealkylation sites (N-methyl/N-ethyl adjacent to an activating group) is 1. The highest BCUT2D eigenvalue weighted by atomic mass is 16.5. The van der Waals surface area contributed by atoms with Crippen molar-refractivity contribution in [1.29, 1.82) is 0 Å². The number of rotatable bonds is 26. The summed E-state index contributed by atoms with van der Waals surface area (Å²) in [6.45, 7) is 5.93. The van der Waals surface area contributed by atoms with Gasteiger partial charge in [-0.25, -0.2) is 0 Å². The normalized spacial score (nSPS) is 12.3. The van der Waals surface area contributed by atoms with Gasteiger partial charge in [0.25, 0.3) is 0 Å². The van der Waals surface area contributed by atoms with E-state index in [0.717, 1.165) is 37.9 Å². The Hall–Kier alpha value is -1.35. The zero-order valence-electron chi connectivity index (χ0n) is 24.7. The largest absolute Gasteiger partial charge is 0.377 e. The molecule has 0 atom stereocenters. The third-order valence-electron chi connectivity index (χ3n) is 6.65. The smallest absolute Gasteiger partial charge is 0.246 e. The van der Waals surface area contributed by atoms with Crippen LogP contribution in [0.1, 0.15) is 142 Å². The number of unbranched alkanes of at least 4 members (excludes halogenated alkanes) is 15. The zero-order chi connectivity index (χ0) is 26.5. The van der Waals surface area contributed by atoms with Crippen LogP contribution in [-0.4, -0.2) is 38.1 Å². The summed E-state index contributed by atoms with van der Waals surface area (Å²) in [6.07, 6.45) is 36.3. The molecule has 0 radical (unpaired) electrons. The number of carbonyl (C=O) groups excluding carboxylic acids is 1. The average Bonchev–Trinajstić information content (AvgIpc) is 2.87. The van der Waals surface area contributed by atoms with Gasteiger partial charge in [0.15, 0.2) is 0 Å². The Morgan fingerprint density at radius 2 is 1.14 bits per heavy atom. The lowest BCUT2D eigenvalue weighted by atomic mass is 10.0. The maximum absolute atomic E-state index is 12.1. The van der Waals surface area contributed by atoms with Gasteiger partial charge in [0.1, 0.15) is 0 Å². The SMILES string of the molecule is CCCCCC=CCC=CCCCCCCCCOCC(=CC(=O)N(C)C)CCCCCCCCC. The number of hydrogen-bond acceptors (Lipinski definition) is 2. The molecule has 0 spiro atoms. The van der Waals surface area contributed by atoms with Crippen LogP contribution in [-0.2, 0) is 9.53 Å². The van der Waals surface area contributed by atoms with Crippen molar-refractivity contribution in [2.24, 2.45) is 0 Å². The minimum absolute atomic E-state index is 0.0743. The molecule has 0 aliphatic carbocycles. The lowest BCUT2D eigenvalue weighted by Gasteiger charge is -2.12. The maximum atomic E-state index is 12.1. The molecule has 0 aliphatic heterocycles. The predicted octanol–water partition coefficient (Wildman–Crippen LogP) is 9.97. The third-order valence-corrected chi connectivity index (χ3v) is 6.65. The van der Waals surface area contributed by atoms with Crippen molar-refractivity contribution < 1.29 is 9.53 Å². The monoisotopic (exact) mass is 503 g/mol. The number of hydrogen-bond donors (Lipinski definition) is 0. The molecule has 0 N–H and O–H groups in total. The fourth-order valence-corrected chi connectivity index (χ4v) is 4.19. The zero-order valence-corrected chi connectivity index (χ0v) is 24.7. The van der Waals surface area contributed by atoms with Gasteiger partial charge in [-0.3, -0.25) is 4.79 Å². The molecule has 0 aliphatic rings. The summed E-state index contributed by atoms with van der Waals surface area (Å²) in [6, 6.07) is 0. The molecule has 0 saturated heterocycles. The molecular weight excluding hydrogens is 442 g/mol. The Morgan fingerprint density at radius 3 is 1.75 bits per heavy atom. The minimum Gasteiger partial charge on any atom is -0.377 e. The number of nitrogens with zero attached hydrogens (tertiary/aromatic N) is 1. The number of ether oxygens (including phenoxy) is 1. The molecule has 0 unspecified atom stereocenters. The predicted molar refractivity (Wildman–Crippen MR) is 160 cm³/mol. The van der Waals surface area contributed by atoms with Gasteiger partial charge in [-0.1, -0.05) is 115 Å². The quantitative estimate of drug-likeness (QED) is 0.0667. The summed E-state index contributed by atoms with van der Waals surface area (Å²) in [5.74, 6) is 0.0743. The fraction of sp³-hybridized carbons (Fsp3) is 0.788. The molecular formula is C33H61NO2. The lowest BCUT2D eigenvalue weighted by Crippen LogP contribution is -2.20. The van der Waals surface area contributed by atoms with E-state index in [1.54, 1.807) is 11.0 Å². The minimum atomic E-state index is 0.0743. The van der Waals surface area contributed by atoms with Crippen molar-refractivity contribution in [2.75, 3.05) is 27.3 Å². The molecule has 0 fully saturated rings. The second kappa shape index (κ2) is 28.2. The van der Waals surface area contributed by atoms with Crippen LogP contribution in [0.15, 0.2) is 36.0 Å². The van der Waals surface area contributed by atoms with E-state index >= 15 is 0 Å². The van der Waals surface area contributed by atoms with Crippen molar-refractivity contribution in [3.05, 3.63) is 36.0 Å². The van der Waals surface area contributed by atoms with Crippen molar-refractivity contribution in [1.82, 2.24) is 4.90 Å². The van der Waals surface area contributed by atoms with Crippen LogP contribution in [0.5, 0.6) is 0 Å². The summed E-state index contributed by atoms with van der Waals surface area (Å²) in [5.41, 5.74) is 1.15. The first-order valence-electron chi connectivity index (χ1n) is 15.4. The maximum Gasteiger partial charge on any atom is 0.246 e. The van der Waals surface area contributed by atoms with E-state index in [2.05, 4.69) is 38.2 Å². The van der Waals surface area contributed by atoms with E-state index in [9.17, 15) is 4.79 Å². The van der Waals surface area contributed by atoms with Gasteiger partial charge in [0.2, 0.25) is 5.91 Å². The van der Waals surface area contributed by atoms with Gasteiger partial charge in [-0.05, 0) is 56.9 Å². The van der Waals surface area contributed by atoms with E-state index in [4.69, 9.17) is 4.74 Å². The van der Waals surface area contributed by atoms with Crippen LogP contribution in [0.25, 0.3) is 0 Å². The molecule has 0 bridgehead atoms. The summed E-state index contributed by atoms with van der Waals surface area (Å²) < 4.78 is 5.95.